The van der Waals surface area contributed by atoms with E-state index in [2.05, 4.69) is 0 Å². The number of rotatable bonds is 0. The molecule has 6 heteroatoms. The highest BCUT2D eigenvalue weighted by atomic mass is 16.2. The van der Waals surface area contributed by atoms with E-state index >= 15 is 0 Å². The molecule has 0 aromatic heterocycles. The second-order valence-corrected chi connectivity index (χ2v) is 5.00. The van der Waals surface area contributed by atoms with E-state index in [1.165, 1.54) is 0 Å². The summed E-state index contributed by atoms with van der Waals surface area (Å²) in [5, 5.41) is 0. The fourth-order valence-corrected chi connectivity index (χ4v) is 3.08. The van der Waals surface area contributed by atoms with Crippen LogP contribution in [-0.2, 0) is 9.59 Å². The van der Waals surface area contributed by atoms with Crippen molar-refractivity contribution in [3.63, 3.8) is 0 Å². The molecule has 0 aliphatic carbocycles. The smallest absolute Gasteiger partial charge is 0.246 e. The predicted molar refractivity (Wildman–Crippen MR) is 56.2 cm³/mol. The molecule has 4 atom stereocenters. The van der Waals surface area contributed by atoms with E-state index < -0.39 is 0 Å². The molecule has 3 aliphatic heterocycles. The molecule has 0 radical (unpaired) electrons. The lowest BCUT2D eigenvalue weighted by Crippen LogP contribution is -2.60. The monoisotopic (exact) mass is 224 g/mol. The fraction of sp³-hybridized carbons (Fsp3) is 0.800. The van der Waals surface area contributed by atoms with Gasteiger partial charge in [-0.25, -0.2) is 0 Å². The Morgan fingerprint density at radius 2 is 1.25 bits per heavy atom. The molecule has 0 aromatic carbocycles. The number of piperazine rings is 1. The van der Waals surface area contributed by atoms with Crippen molar-refractivity contribution in [1.82, 2.24) is 9.80 Å². The van der Waals surface area contributed by atoms with Gasteiger partial charge in [0.25, 0.3) is 0 Å². The first-order valence-electron chi connectivity index (χ1n) is 5.70. The van der Waals surface area contributed by atoms with Gasteiger partial charge in [-0.1, -0.05) is 0 Å². The first-order chi connectivity index (χ1) is 7.58. The quantitative estimate of drug-likeness (QED) is 0.491. The highest BCUT2D eigenvalue weighted by molar-refractivity contribution is 5.98. The third-order valence-corrected chi connectivity index (χ3v) is 3.80. The van der Waals surface area contributed by atoms with Crippen molar-refractivity contribution < 1.29 is 9.59 Å². The minimum absolute atomic E-state index is 0.0329. The predicted octanol–water partition coefficient (Wildman–Crippen LogP) is -2.14. The molecule has 4 N–H and O–H groups in total. The van der Waals surface area contributed by atoms with Crippen molar-refractivity contribution in [2.75, 3.05) is 13.1 Å². The normalized spacial score (nSPS) is 42.6. The van der Waals surface area contributed by atoms with Crippen molar-refractivity contribution in [2.45, 2.75) is 37.0 Å². The highest BCUT2D eigenvalue weighted by Gasteiger charge is 2.52. The minimum Gasteiger partial charge on any atom is -0.327 e. The second kappa shape index (κ2) is 3.18. The number of amides is 2. The van der Waals surface area contributed by atoms with Gasteiger partial charge in [0.1, 0.15) is 12.1 Å². The van der Waals surface area contributed by atoms with E-state index in [-0.39, 0.29) is 36.0 Å². The maximum absolute atomic E-state index is 12.1. The van der Waals surface area contributed by atoms with Crippen LogP contribution in [0, 0.1) is 0 Å². The Balaban J connectivity index is 1.92. The van der Waals surface area contributed by atoms with Gasteiger partial charge in [0.15, 0.2) is 0 Å². The van der Waals surface area contributed by atoms with Crippen LogP contribution in [0.4, 0.5) is 0 Å². The van der Waals surface area contributed by atoms with Gasteiger partial charge in [0.2, 0.25) is 11.8 Å². The summed E-state index contributed by atoms with van der Waals surface area (Å²) >= 11 is 0. The molecule has 0 aromatic rings. The molecule has 2 amide bonds. The van der Waals surface area contributed by atoms with Crippen molar-refractivity contribution in [3.8, 4) is 0 Å². The first kappa shape index (κ1) is 10.0. The lowest BCUT2D eigenvalue weighted by Gasteiger charge is -2.38. The Morgan fingerprint density at radius 3 is 1.62 bits per heavy atom. The third kappa shape index (κ3) is 1.20. The van der Waals surface area contributed by atoms with Crippen LogP contribution in [0.5, 0.6) is 0 Å². The van der Waals surface area contributed by atoms with E-state index in [4.69, 9.17) is 11.5 Å². The molecule has 0 saturated carbocycles. The lowest BCUT2D eigenvalue weighted by atomic mass is 10.1. The third-order valence-electron chi connectivity index (χ3n) is 3.80. The maximum atomic E-state index is 12.1. The molecule has 6 nitrogen and oxygen atoms in total. The second-order valence-electron chi connectivity index (χ2n) is 5.00. The Hall–Kier alpha value is -1.14. The Bertz CT molecular complexity index is 297. The van der Waals surface area contributed by atoms with E-state index in [0.29, 0.717) is 25.9 Å². The van der Waals surface area contributed by atoms with Crippen LogP contribution in [-0.4, -0.2) is 58.9 Å². The average molecular weight is 224 g/mol. The molecule has 0 spiro atoms. The van der Waals surface area contributed by atoms with Gasteiger partial charge in [-0.05, 0) is 12.8 Å². The summed E-state index contributed by atoms with van der Waals surface area (Å²) in [5.41, 5.74) is 11.6. The topological polar surface area (TPSA) is 92.7 Å². The number of carbonyl (C=O) groups excluding carboxylic acids is 2. The number of carbonyl (C=O) groups is 2. The number of nitrogens with two attached hydrogens (primary N) is 2. The van der Waals surface area contributed by atoms with Gasteiger partial charge in [-0.3, -0.25) is 9.59 Å². The Labute approximate surface area is 93.5 Å². The van der Waals surface area contributed by atoms with Crippen LogP contribution >= 0.6 is 0 Å². The standard InChI is InChI=1S/C10H16N4O2/c11-5-1-7-9(15)14-4-6(12)2-8(14)10(16)13(7)3-5/h5-8H,1-4,11-12H2/t5-,6-,7?,8?/m0/s1. The van der Waals surface area contributed by atoms with E-state index in [1.54, 1.807) is 9.80 Å². The molecule has 88 valence electrons. The summed E-state index contributed by atoms with van der Waals surface area (Å²) < 4.78 is 0. The van der Waals surface area contributed by atoms with Gasteiger partial charge in [0.05, 0.1) is 0 Å². The Morgan fingerprint density at radius 1 is 0.875 bits per heavy atom. The summed E-state index contributed by atoms with van der Waals surface area (Å²) in [7, 11) is 0. The fourth-order valence-electron chi connectivity index (χ4n) is 3.08. The molecular formula is C10H16N4O2. The molecule has 3 rings (SSSR count). The Kier molecular flexibility index (Phi) is 1.99. The molecule has 3 heterocycles. The van der Waals surface area contributed by atoms with Gasteiger partial charge in [-0.2, -0.15) is 0 Å². The zero-order valence-corrected chi connectivity index (χ0v) is 9.00. The molecule has 3 aliphatic rings. The highest BCUT2D eigenvalue weighted by Crippen LogP contribution is 2.31. The van der Waals surface area contributed by atoms with Crippen molar-refractivity contribution in [2.24, 2.45) is 11.5 Å². The number of hydrogen-bond donors (Lipinski definition) is 2. The SMILES string of the molecule is N[C@H]1CC2C(=O)N3C[C@@H](N)CC3C(=O)N2C1. The molecule has 2 unspecified atom stereocenters. The summed E-state index contributed by atoms with van der Waals surface area (Å²) in [6.45, 7) is 1.02. The van der Waals surface area contributed by atoms with Crippen molar-refractivity contribution in [1.29, 1.82) is 0 Å². The van der Waals surface area contributed by atoms with Gasteiger partial charge < -0.3 is 21.3 Å². The van der Waals surface area contributed by atoms with E-state index in [9.17, 15) is 9.59 Å². The van der Waals surface area contributed by atoms with Crippen LogP contribution in [0.3, 0.4) is 0 Å². The average Bonchev–Trinajstić information content (AvgIpc) is 2.78. The first-order valence-corrected chi connectivity index (χ1v) is 5.70. The van der Waals surface area contributed by atoms with E-state index in [0.717, 1.165) is 0 Å². The lowest BCUT2D eigenvalue weighted by molar-refractivity contribution is -0.156. The van der Waals surface area contributed by atoms with Gasteiger partial charge >= 0.3 is 0 Å². The molecular weight excluding hydrogens is 208 g/mol. The molecule has 3 fully saturated rings. The maximum Gasteiger partial charge on any atom is 0.246 e. The summed E-state index contributed by atoms with van der Waals surface area (Å²) in [6.07, 6.45) is 1.17. The number of nitrogens with zero attached hydrogens (tertiary/aromatic N) is 2. The van der Waals surface area contributed by atoms with Crippen LogP contribution < -0.4 is 11.5 Å². The zero-order chi connectivity index (χ0) is 11.4. The van der Waals surface area contributed by atoms with Gasteiger partial charge in [-0.15, -0.1) is 0 Å². The minimum atomic E-state index is -0.330. The molecule has 0 bridgehead atoms. The molecule has 16 heavy (non-hydrogen) atoms. The van der Waals surface area contributed by atoms with Crippen LogP contribution in [0.25, 0.3) is 0 Å². The summed E-state index contributed by atoms with van der Waals surface area (Å²) in [5.74, 6) is 0.0657. The van der Waals surface area contributed by atoms with Crippen molar-refractivity contribution in [3.05, 3.63) is 0 Å². The van der Waals surface area contributed by atoms with Crippen molar-refractivity contribution >= 4 is 11.8 Å². The number of hydrogen-bond acceptors (Lipinski definition) is 4. The zero-order valence-electron chi connectivity index (χ0n) is 9.00. The summed E-state index contributed by atoms with van der Waals surface area (Å²) in [6, 6.07) is -0.786. The summed E-state index contributed by atoms with van der Waals surface area (Å²) in [4.78, 5) is 27.6. The molecule has 3 saturated heterocycles. The number of fused-ring (bicyclic) bond motifs is 2. The van der Waals surface area contributed by atoms with Crippen LogP contribution in [0.1, 0.15) is 12.8 Å². The van der Waals surface area contributed by atoms with E-state index in [1.807, 2.05) is 0 Å². The van der Waals surface area contributed by atoms with Crippen LogP contribution in [0.2, 0.25) is 0 Å². The van der Waals surface area contributed by atoms with Gasteiger partial charge in [0, 0.05) is 25.2 Å². The van der Waals surface area contributed by atoms with Crippen LogP contribution in [0.15, 0.2) is 0 Å². The largest absolute Gasteiger partial charge is 0.327 e.